The van der Waals surface area contributed by atoms with Crippen molar-refractivity contribution in [3.8, 4) is 0 Å². The summed E-state index contributed by atoms with van der Waals surface area (Å²) < 4.78 is 28.3. The molecule has 0 spiro atoms. The smallest absolute Gasteiger partial charge is 0.175 e. The van der Waals surface area contributed by atoms with E-state index in [1.165, 1.54) is 11.6 Å². The van der Waals surface area contributed by atoms with E-state index in [9.17, 15) is 8.78 Å². The van der Waals surface area contributed by atoms with Gasteiger partial charge in [0, 0.05) is 12.3 Å². The molecule has 0 saturated carbocycles. The molecular formula is C18H16F2N4S. The van der Waals surface area contributed by atoms with E-state index in [2.05, 4.69) is 15.7 Å². The Morgan fingerprint density at radius 3 is 2.60 bits per heavy atom. The quantitative estimate of drug-likeness (QED) is 0.682. The zero-order valence-corrected chi connectivity index (χ0v) is 14.3. The van der Waals surface area contributed by atoms with E-state index < -0.39 is 11.6 Å². The fourth-order valence-corrected chi connectivity index (χ4v) is 2.50. The lowest BCUT2D eigenvalue weighted by atomic mass is 10.1. The van der Waals surface area contributed by atoms with E-state index >= 15 is 0 Å². The van der Waals surface area contributed by atoms with Gasteiger partial charge in [-0.25, -0.2) is 8.78 Å². The lowest BCUT2D eigenvalue weighted by Gasteiger charge is -2.09. The second-order valence-electron chi connectivity index (χ2n) is 5.62. The van der Waals surface area contributed by atoms with E-state index in [1.807, 2.05) is 31.2 Å². The van der Waals surface area contributed by atoms with Crippen LogP contribution in [-0.4, -0.2) is 14.9 Å². The minimum atomic E-state index is -0.709. The molecule has 25 heavy (non-hydrogen) atoms. The van der Waals surface area contributed by atoms with Gasteiger partial charge in [-0.05, 0) is 36.8 Å². The lowest BCUT2D eigenvalue weighted by molar-refractivity contribution is 0.586. The minimum Gasteiger partial charge on any atom is -0.330 e. The maximum absolute atomic E-state index is 13.6. The number of hydrogen-bond donors (Lipinski definition) is 2. The summed E-state index contributed by atoms with van der Waals surface area (Å²) in [6.07, 6.45) is 3.43. The van der Waals surface area contributed by atoms with E-state index in [4.69, 9.17) is 12.2 Å². The highest BCUT2D eigenvalue weighted by Crippen LogP contribution is 2.16. The zero-order chi connectivity index (χ0) is 17.8. The zero-order valence-electron chi connectivity index (χ0n) is 13.5. The molecule has 1 aromatic heterocycles. The van der Waals surface area contributed by atoms with Crippen molar-refractivity contribution in [2.24, 2.45) is 0 Å². The number of nitrogens with zero attached hydrogens (tertiary/aromatic N) is 2. The Morgan fingerprint density at radius 2 is 1.88 bits per heavy atom. The van der Waals surface area contributed by atoms with Crippen molar-refractivity contribution >= 4 is 28.7 Å². The summed E-state index contributed by atoms with van der Waals surface area (Å²) in [4.78, 5) is 0. The maximum atomic E-state index is 13.6. The van der Waals surface area contributed by atoms with Crippen LogP contribution in [0.4, 0.5) is 20.2 Å². The molecular weight excluding hydrogens is 342 g/mol. The van der Waals surface area contributed by atoms with E-state index in [-0.39, 0.29) is 10.8 Å². The second-order valence-corrected chi connectivity index (χ2v) is 6.02. The monoisotopic (exact) mass is 358 g/mol. The number of aromatic nitrogens is 2. The highest BCUT2D eigenvalue weighted by molar-refractivity contribution is 7.80. The molecule has 0 bridgehead atoms. The van der Waals surface area contributed by atoms with Crippen LogP contribution in [0.3, 0.4) is 0 Å². The summed E-state index contributed by atoms with van der Waals surface area (Å²) in [5, 5.41) is 10.1. The molecule has 2 aromatic carbocycles. The van der Waals surface area contributed by atoms with Crippen molar-refractivity contribution in [2.75, 3.05) is 10.6 Å². The van der Waals surface area contributed by atoms with Gasteiger partial charge < -0.3 is 10.6 Å². The SMILES string of the molecule is Cc1ccc(Cn2cc(NC(=S)Nc3ccc(F)cc3F)cn2)cc1. The van der Waals surface area contributed by atoms with E-state index in [0.717, 1.165) is 17.7 Å². The molecule has 0 unspecified atom stereocenters. The number of nitrogens with one attached hydrogen (secondary N) is 2. The number of thiocarbonyl (C=S) groups is 1. The Kier molecular flexibility index (Phi) is 5.04. The standard InChI is InChI=1S/C18H16F2N4S/c1-12-2-4-13(5-3-12)10-24-11-15(9-21-24)22-18(25)23-17-7-6-14(19)8-16(17)20/h2-9,11H,10H2,1H3,(H2,22,23,25). The molecule has 7 heteroatoms. The number of hydrogen-bond acceptors (Lipinski definition) is 2. The van der Waals surface area contributed by atoms with Crippen molar-refractivity contribution in [3.05, 3.63) is 77.6 Å². The van der Waals surface area contributed by atoms with Crippen LogP contribution < -0.4 is 10.6 Å². The van der Waals surface area contributed by atoms with Gasteiger partial charge in [-0.15, -0.1) is 0 Å². The van der Waals surface area contributed by atoms with Crippen molar-refractivity contribution in [2.45, 2.75) is 13.5 Å². The molecule has 0 aliphatic carbocycles. The summed E-state index contributed by atoms with van der Waals surface area (Å²) in [7, 11) is 0. The normalized spacial score (nSPS) is 10.5. The Morgan fingerprint density at radius 1 is 1.12 bits per heavy atom. The third kappa shape index (κ3) is 4.60. The minimum absolute atomic E-state index is 0.103. The Balaban J connectivity index is 1.60. The second kappa shape index (κ2) is 7.40. The third-order valence-corrected chi connectivity index (χ3v) is 3.74. The summed E-state index contributed by atoms with van der Waals surface area (Å²) in [5.74, 6) is -1.35. The van der Waals surface area contributed by atoms with E-state index in [0.29, 0.717) is 12.2 Å². The summed E-state index contributed by atoms with van der Waals surface area (Å²) in [6.45, 7) is 2.67. The molecule has 0 atom stereocenters. The van der Waals surface area contributed by atoms with Gasteiger partial charge in [0.2, 0.25) is 0 Å². The fourth-order valence-electron chi connectivity index (χ4n) is 2.27. The van der Waals surface area contributed by atoms with Crippen LogP contribution in [0.1, 0.15) is 11.1 Å². The van der Waals surface area contributed by atoms with Crippen LogP contribution in [0.2, 0.25) is 0 Å². The van der Waals surface area contributed by atoms with Gasteiger partial charge in [-0.2, -0.15) is 5.10 Å². The number of benzene rings is 2. The molecule has 3 aromatic rings. The number of rotatable bonds is 4. The van der Waals surface area contributed by atoms with Crippen LogP contribution in [0.15, 0.2) is 54.9 Å². The predicted octanol–water partition coefficient (Wildman–Crippen LogP) is 4.33. The third-order valence-electron chi connectivity index (χ3n) is 3.54. The number of halogens is 2. The number of aryl methyl sites for hydroxylation is 1. The Bertz CT molecular complexity index is 890. The molecule has 0 radical (unpaired) electrons. The van der Waals surface area contributed by atoms with Gasteiger partial charge in [0.1, 0.15) is 11.6 Å². The van der Waals surface area contributed by atoms with Crippen LogP contribution in [0.5, 0.6) is 0 Å². The topological polar surface area (TPSA) is 41.9 Å². The highest BCUT2D eigenvalue weighted by atomic mass is 32.1. The molecule has 128 valence electrons. The van der Waals surface area contributed by atoms with Gasteiger partial charge in [-0.3, -0.25) is 4.68 Å². The van der Waals surface area contributed by atoms with Crippen LogP contribution in [0, 0.1) is 18.6 Å². The van der Waals surface area contributed by atoms with Crippen molar-refractivity contribution in [1.82, 2.24) is 9.78 Å². The van der Waals surface area contributed by atoms with Gasteiger partial charge in [-0.1, -0.05) is 29.8 Å². The molecule has 3 rings (SSSR count). The predicted molar refractivity (Wildman–Crippen MR) is 98.7 cm³/mol. The van der Waals surface area contributed by atoms with Gasteiger partial charge in [0.05, 0.1) is 24.1 Å². The molecule has 4 nitrogen and oxygen atoms in total. The van der Waals surface area contributed by atoms with Crippen LogP contribution >= 0.6 is 12.2 Å². The maximum Gasteiger partial charge on any atom is 0.175 e. The summed E-state index contributed by atoms with van der Waals surface area (Å²) in [6, 6.07) is 11.4. The first kappa shape index (κ1) is 17.0. The van der Waals surface area contributed by atoms with Gasteiger partial charge in [0.15, 0.2) is 5.11 Å². The van der Waals surface area contributed by atoms with Crippen LogP contribution in [-0.2, 0) is 6.54 Å². The first-order valence-corrected chi connectivity index (χ1v) is 8.01. The van der Waals surface area contributed by atoms with E-state index in [1.54, 1.807) is 17.1 Å². The molecule has 0 aliphatic rings. The number of anilines is 2. The average molecular weight is 358 g/mol. The van der Waals surface area contributed by atoms with Crippen LogP contribution in [0.25, 0.3) is 0 Å². The first-order chi connectivity index (χ1) is 12.0. The molecule has 0 aliphatic heterocycles. The van der Waals surface area contributed by atoms with Crippen molar-refractivity contribution < 1.29 is 8.78 Å². The molecule has 0 amide bonds. The summed E-state index contributed by atoms with van der Waals surface area (Å²) in [5.41, 5.74) is 3.11. The fraction of sp³-hybridized carbons (Fsp3) is 0.111. The first-order valence-electron chi connectivity index (χ1n) is 7.61. The molecule has 2 N–H and O–H groups in total. The molecule has 0 fully saturated rings. The van der Waals surface area contributed by atoms with Gasteiger partial charge in [0.25, 0.3) is 0 Å². The van der Waals surface area contributed by atoms with Crippen molar-refractivity contribution in [3.63, 3.8) is 0 Å². The lowest BCUT2D eigenvalue weighted by Crippen LogP contribution is -2.19. The Labute approximate surface area is 149 Å². The molecule has 0 saturated heterocycles. The van der Waals surface area contributed by atoms with Gasteiger partial charge >= 0.3 is 0 Å². The van der Waals surface area contributed by atoms with Crippen molar-refractivity contribution in [1.29, 1.82) is 0 Å². The average Bonchev–Trinajstić information content (AvgIpc) is 2.99. The highest BCUT2D eigenvalue weighted by Gasteiger charge is 2.07. The molecule has 1 heterocycles. The summed E-state index contributed by atoms with van der Waals surface area (Å²) >= 11 is 5.14. The Hall–Kier alpha value is -2.80. The largest absolute Gasteiger partial charge is 0.330 e.